The molecule has 0 unspecified atom stereocenters. The standard InChI is InChI=1S/C28H35N5O3/c1-19-26(30-28(35)29-25-23-11-7-6-8-21(23)12-13-24(25)34)33(22-9-4-3-5-10-22)31-27(19)36-18-20-14-16-32(2)17-15-20/h3-11,20,24-25,34H,12-18H2,1-2H3,(H2,29,30,35)/t24-,25-/m0/s1. The van der Waals surface area contributed by atoms with Gasteiger partial charge in [-0.2, -0.15) is 0 Å². The van der Waals surface area contributed by atoms with Gasteiger partial charge in [-0.15, -0.1) is 5.10 Å². The highest BCUT2D eigenvalue weighted by atomic mass is 16.5. The van der Waals surface area contributed by atoms with Crippen molar-refractivity contribution < 1.29 is 14.6 Å². The minimum absolute atomic E-state index is 0.391. The van der Waals surface area contributed by atoms with Gasteiger partial charge >= 0.3 is 6.03 Å². The summed E-state index contributed by atoms with van der Waals surface area (Å²) in [5, 5.41) is 21.4. The Labute approximate surface area is 212 Å². The summed E-state index contributed by atoms with van der Waals surface area (Å²) >= 11 is 0. The van der Waals surface area contributed by atoms with Crippen LogP contribution < -0.4 is 15.4 Å². The molecule has 2 aliphatic rings. The van der Waals surface area contributed by atoms with Crippen LogP contribution in [0.2, 0.25) is 0 Å². The number of aryl methyl sites for hydroxylation is 1. The van der Waals surface area contributed by atoms with Gasteiger partial charge in [0.05, 0.1) is 30.0 Å². The molecule has 2 atom stereocenters. The van der Waals surface area contributed by atoms with Crippen LogP contribution in [0.1, 0.15) is 42.0 Å². The highest BCUT2D eigenvalue weighted by Gasteiger charge is 2.30. The van der Waals surface area contributed by atoms with Gasteiger partial charge < -0.3 is 20.1 Å². The Morgan fingerprint density at radius 3 is 2.58 bits per heavy atom. The Bertz CT molecular complexity index is 1190. The van der Waals surface area contributed by atoms with E-state index in [-0.39, 0.29) is 0 Å². The van der Waals surface area contributed by atoms with E-state index >= 15 is 0 Å². The summed E-state index contributed by atoms with van der Waals surface area (Å²) in [4.78, 5) is 15.5. The molecule has 3 aromatic rings. The van der Waals surface area contributed by atoms with Crippen LogP contribution in [-0.4, -0.2) is 58.7 Å². The fraction of sp³-hybridized carbons (Fsp3) is 0.429. The first-order valence-corrected chi connectivity index (χ1v) is 12.8. The minimum atomic E-state index is -0.640. The van der Waals surface area contributed by atoms with Gasteiger partial charge in [-0.05, 0) is 81.9 Å². The van der Waals surface area contributed by atoms with Crippen LogP contribution in [0, 0.1) is 12.8 Å². The van der Waals surface area contributed by atoms with E-state index < -0.39 is 18.2 Å². The van der Waals surface area contributed by atoms with Crippen molar-refractivity contribution in [1.82, 2.24) is 20.0 Å². The fourth-order valence-corrected chi connectivity index (χ4v) is 5.14. The lowest BCUT2D eigenvalue weighted by molar-refractivity contribution is 0.114. The van der Waals surface area contributed by atoms with E-state index in [1.807, 2.05) is 55.5 Å². The number of nitrogens with zero attached hydrogens (tertiary/aromatic N) is 3. The molecular formula is C28H35N5O3. The van der Waals surface area contributed by atoms with Crippen LogP contribution in [0.15, 0.2) is 54.6 Å². The van der Waals surface area contributed by atoms with E-state index in [2.05, 4.69) is 28.6 Å². The number of carbonyl (C=O) groups excluding carboxylic acids is 1. The number of hydrogen-bond donors (Lipinski definition) is 3. The van der Waals surface area contributed by atoms with Gasteiger partial charge in [0, 0.05) is 0 Å². The summed E-state index contributed by atoms with van der Waals surface area (Å²) in [6.45, 7) is 4.68. The quantitative estimate of drug-likeness (QED) is 0.486. The molecule has 1 saturated heterocycles. The van der Waals surface area contributed by atoms with Crippen LogP contribution in [-0.2, 0) is 6.42 Å². The predicted molar refractivity (Wildman–Crippen MR) is 140 cm³/mol. The topological polar surface area (TPSA) is 91.7 Å². The second kappa shape index (κ2) is 10.7. The molecular weight excluding hydrogens is 454 g/mol. The highest BCUT2D eigenvalue weighted by molar-refractivity contribution is 5.90. The number of urea groups is 1. The lowest BCUT2D eigenvalue weighted by atomic mass is 9.86. The van der Waals surface area contributed by atoms with Crippen molar-refractivity contribution in [3.63, 3.8) is 0 Å². The highest BCUT2D eigenvalue weighted by Crippen LogP contribution is 2.32. The van der Waals surface area contributed by atoms with Crippen molar-refractivity contribution in [2.24, 2.45) is 5.92 Å². The summed E-state index contributed by atoms with van der Waals surface area (Å²) in [5.74, 6) is 1.57. The summed E-state index contributed by atoms with van der Waals surface area (Å²) in [6, 6.07) is 16.8. The Morgan fingerprint density at radius 2 is 1.81 bits per heavy atom. The fourth-order valence-electron chi connectivity index (χ4n) is 5.14. The number of anilines is 1. The summed E-state index contributed by atoms with van der Waals surface area (Å²) in [7, 11) is 2.15. The van der Waals surface area contributed by atoms with Crippen molar-refractivity contribution in [3.05, 3.63) is 71.3 Å². The van der Waals surface area contributed by atoms with Gasteiger partial charge in [0.2, 0.25) is 5.88 Å². The minimum Gasteiger partial charge on any atom is -0.476 e. The van der Waals surface area contributed by atoms with Gasteiger partial charge in [-0.1, -0.05) is 42.5 Å². The molecule has 0 radical (unpaired) electrons. The number of carbonyl (C=O) groups is 1. The Balaban J connectivity index is 1.35. The lowest BCUT2D eigenvalue weighted by Gasteiger charge is -2.31. The predicted octanol–water partition coefficient (Wildman–Crippen LogP) is 4.07. The first-order valence-electron chi connectivity index (χ1n) is 12.8. The first kappa shape index (κ1) is 24.3. The maximum Gasteiger partial charge on any atom is 0.320 e. The van der Waals surface area contributed by atoms with E-state index in [9.17, 15) is 9.90 Å². The second-order valence-corrected chi connectivity index (χ2v) is 9.96. The van der Waals surface area contributed by atoms with Crippen LogP contribution >= 0.6 is 0 Å². The number of para-hydroxylation sites is 1. The van der Waals surface area contributed by atoms with E-state index in [1.54, 1.807) is 4.68 Å². The molecule has 2 heterocycles. The number of amides is 2. The van der Waals surface area contributed by atoms with Crippen molar-refractivity contribution in [2.45, 2.75) is 44.8 Å². The molecule has 8 nitrogen and oxygen atoms in total. The van der Waals surface area contributed by atoms with Crippen molar-refractivity contribution in [3.8, 4) is 11.6 Å². The third kappa shape index (κ3) is 5.24. The number of nitrogens with one attached hydrogen (secondary N) is 2. The molecule has 190 valence electrons. The summed E-state index contributed by atoms with van der Waals surface area (Å²) < 4.78 is 7.90. The van der Waals surface area contributed by atoms with Gasteiger partial charge in [0.1, 0.15) is 5.82 Å². The molecule has 1 aromatic heterocycles. The van der Waals surface area contributed by atoms with Gasteiger partial charge in [0.15, 0.2) is 0 Å². The zero-order valence-corrected chi connectivity index (χ0v) is 21.0. The van der Waals surface area contributed by atoms with Crippen LogP contribution in [0.5, 0.6) is 5.88 Å². The number of piperidine rings is 1. The number of rotatable bonds is 6. The van der Waals surface area contributed by atoms with Crippen molar-refractivity contribution in [2.75, 3.05) is 32.1 Å². The molecule has 5 rings (SSSR count). The average molecular weight is 490 g/mol. The molecule has 0 spiro atoms. The Kier molecular flexibility index (Phi) is 7.25. The molecule has 0 bridgehead atoms. The van der Waals surface area contributed by atoms with E-state index in [4.69, 9.17) is 9.84 Å². The maximum absolute atomic E-state index is 13.2. The lowest BCUT2D eigenvalue weighted by Crippen LogP contribution is -2.41. The molecule has 1 fully saturated rings. The Hall–Kier alpha value is -3.36. The monoisotopic (exact) mass is 489 g/mol. The number of aromatic nitrogens is 2. The normalized spacial score (nSPS) is 20.5. The molecule has 2 aromatic carbocycles. The zero-order chi connectivity index (χ0) is 25.1. The van der Waals surface area contributed by atoms with Gasteiger partial charge in [-0.25, -0.2) is 9.48 Å². The maximum atomic E-state index is 13.2. The van der Waals surface area contributed by atoms with Crippen LogP contribution in [0.4, 0.5) is 10.6 Å². The third-order valence-electron chi connectivity index (χ3n) is 7.38. The number of aliphatic hydroxyl groups is 1. The number of benzene rings is 2. The van der Waals surface area contributed by atoms with Crippen molar-refractivity contribution in [1.29, 1.82) is 0 Å². The largest absolute Gasteiger partial charge is 0.476 e. The number of aliphatic hydroxyl groups excluding tert-OH is 1. The van der Waals surface area contributed by atoms with Gasteiger partial charge in [0.25, 0.3) is 0 Å². The molecule has 0 saturated carbocycles. The number of fused-ring (bicyclic) bond motifs is 1. The number of ether oxygens (including phenoxy) is 1. The molecule has 8 heteroatoms. The van der Waals surface area contributed by atoms with Crippen LogP contribution in [0.3, 0.4) is 0 Å². The first-order chi connectivity index (χ1) is 17.5. The number of hydrogen-bond acceptors (Lipinski definition) is 5. The zero-order valence-electron chi connectivity index (χ0n) is 21.0. The summed E-state index contributed by atoms with van der Waals surface area (Å²) in [5.41, 5.74) is 3.71. The average Bonchev–Trinajstić information content (AvgIpc) is 3.20. The SMILES string of the molecule is Cc1c(OCC2CCN(C)CC2)nn(-c2ccccc2)c1NC(=O)N[C@H]1c2ccccc2CC[C@@H]1O. The molecule has 36 heavy (non-hydrogen) atoms. The van der Waals surface area contributed by atoms with E-state index in [1.165, 1.54) is 0 Å². The molecule has 1 aliphatic heterocycles. The van der Waals surface area contributed by atoms with Crippen molar-refractivity contribution >= 4 is 11.8 Å². The smallest absolute Gasteiger partial charge is 0.320 e. The van der Waals surface area contributed by atoms with E-state index in [0.29, 0.717) is 30.6 Å². The van der Waals surface area contributed by atoms with Crippen LogP contribution in [0.25, 0.3) is 5.69 Å². The molecule has 2 amide bonds. The van der Waals surface area contributed by atoms with Gasteiger partial charge in [-0.3, -0.25) is 5.32 Å². The Morgan fingerprint density at radius 1 is 1.08 bits per heavy atom. The molecule has 1 aliphatic carbocycles. The third-order valence-corrected chi connectivity index (χ3v) is 7.38. The van der Waals surface area contributed by atoms with E-state index in [0.717, 1.165) is 54.7 Å². The molecule has 3 N–H and O–H groups in total. The summed E-state index contributed by atoms with van der Waals surface area (Å²) in [6.07, 6.45) is 2.98. The second-order valence-electron chi connectivity index (χ2n) is 9.96. The number of likely N-dealkylation sites (tertiary alicyclic amines) is 1.